The minimum atomic E-state index is -0.819. The smallest absolute Gasteiger partial charge is 0.322 e. The Hall–Kier alpha value is -0.810. The van der Waals surface area contributed by atoms with Gasteiger partial charge < -0.3 is 10.4 Å². The van der Waals surface area contributed by atoms with Crippen LogP contribution in [-0.2, 0) is 11.3 Å². The second-order valence-electron chi connectivity index (χ2n) is 4.26. The van der Waals surface area contributed by atoms with Crippen LogP contribution in [0.15, 0.2) is 18.2 Å². The first-order chi connectivity index (χ1) is 8.58. The van der Waals surface area contributed by atoms with Crippen LogP contribution in [-0.4, -0.2) is 41.7 Å². The lowest BCUT2D eigenvalue weighted by molar-refractivity contribution is -0.144. The molecule has 1 atom stereocenters. The first kappa shape index (κ1) is 13.6. The van der Waals surface area contributed by atoms with Crippen molar-refractivity contribution in [1.29, 1.82) is 0 Å². The topological polar surface area (TPSA) is 52.6 Å². The number of aliphatic carboxylic acids is 1. The van der Waals surface area contributed by atoms with Gasteiger partial charge in [0.1, 0.15) is 6.04 Å². The molecule has 0 aliphatic carbocycles. The maximum absolute atomic E-state index is 11.2. The Morgan fingerprint density at radius 3 is 3.00 bits per heavy atom. The van der Waals surface area contributed by atoms with E-state index in [0.29, 0.717) is 29.7 Å². The predicted molar refractivity (Wildman–Crippen MR) is 71.2 cm³/mol. The minimum absolute atomic E-state index is 0.452. The average Bonchev–Trinajstić information content (AvgIpc) is 2.34. The third-order valence-electron chi connectivity index (χ3n) is 3.02. The van der Waals surface area contributed by atoms with Gasteiger partial charge in [-0.15, -0.1) is 0 Å². The van der Waals surface area contributed by atoms with Crippen molar-refractivity contribution in [3.63, 3.8) is 0 Å². The van der Waals surface area contributed by atoms with Crippen molar-refractivity contribution >= 4 is 29.2 Å². The molecule has 18 heavy (non-hydrogen) atoms. The van der Waals surface area contributed by atoms with Gasteiger partial charge in [0, 0.05) is 36.2 Å². The number of nitrogens with zero attached hydrogens (tertiary/aromatic N) is 1. The van der Waals surface area contributed by atoms with Gasteiger partial charge in [-0.25, -0.2) is 0 Å². The molecule has 1 aromatic carbocycles. The molecular formula is C12H14Cl2N2O2. The maximum atomic E-state index is 11.2. The number of carbonyl (C=O) groups is 1. The van der Waals surface area contributed by atoms with Crippen LogP contribution in [0, 0.1) is 0 Å². The highest BCUT2D eigenvalue weighted by atomic mass is 35.5. The van der Waals surface area contributed by atoms with Gasteiger partial charge in [-0.2, -0.15) is 0 Å². The Balaban J connectivity index is 2.15. The highest BCUT2D eigenvalue weighted by Crippen LogP contribution is 2.23. The van der Waals surface area contributed by atoms with Crippen molar-refractivity contribution in [3.8, 4) is 0 Å². The van der Waals surface area contributed by atoms with Crippen molar-refractivity contribution in [2.75, 3.05) is 19.6 Å². The SMILES string of the molecule is O=C(O)C1CNCCN1Cc1cc(Cl)ccc1Cl. The summed E-state index contributed by atoms with van der Waals surface area (Å²) in [5, 5.41) is 13.5. The Morgan fingerprint density at radius 1 is 1.50 bits per heavy atom. The molecule has 6 heteroatoms. The van der Waals surface area contributed by atoms with E-state index in [1.165, 1.54) is 0 Å². The predicted octanol–water partition coefficient (Wildman–Crippen LogP) is 1.85. The molecule has 1 saturated heterocycles. The summed E-state index contributed by atoms with van der Waals surface area (Å²) in [7, 11) is 0. The van der Waals surface area contributed by atoms with Crippen LogP contribution in [0.5, 0.6) is 0 Å². The summed E-state index contributed by atoms with van der Waals surface area (Å²) in [4.78, 5) is 13.1. The summed E-state index contributed by atoms with van der Waals surface area (Å²) in [5.74, 6) is -0.819. The second-order valence-corrected chi connectivity index (χ2v) is 5.11. The highest BCUT2D eigenvalue weighted by Gasteiger charge is 2.28. The van der Waals surface area contributed by atoms with Crippen LogP contribution >= 0.6 is 23.2 Å². The lowest BCUT2D eigenvalue weighted by Gasteiger charge is -2.33. The van der Waals surface area contributed by atoms with Gasteiger partial charge >= 0.3 is 5.97 Å². The zero-order valence-corrected chi connectivity index (χ0v) is 11.2. The number of hydrogen-bond donors (Lipinski definition) is 2. The highest BCUT2D eigenvalue weighted by molar-refractivity contribution is 6.33. The zero-order chi connectivity index (χ0) is 13.1. The standard InChI is InChI=1S/C12H14Cl2N2O2/c13-9-1-2-10(14)8(5-9)7-16-4-3-15-6-11(16)12(17)18/h1-2,5,11,15H,3-4,6-7H2,(H,17,18). The van der Waals surface area contributed by atoms with Crippen LogP contribution < -0.4 is 5.32 Å². The molecule has 0 bridgehead atoms. The van der Waals surface area contributed by atoms with E-state index in [4.69, 9.17) is 28.3 Å². The summed E-state index contributed by atoms with van der Waals surface area (Å²) in [6.45, 7) is 2.41. The molecule has 0 radical (unpaired) electrons. The number of benzene rings is 1. The van der Waals surface area contributed by atoms with Gasteiger partial charge in [-0.05, 0) is 23.8 Å². The van der Waals surface area contributed by atoms with Crippen molar-refractivity contribution in [1.82, 2.24) is 10.2 Å². The van der Waals surface area contributed by atoms with E-state index in [1.807, 2.05) is 4.90 Å². The molecule has 1 aliphatic rings. The summed E-state index contributed by atoms with van der Waals surface area (Å²) in [6.07, 6.45) is 0. The third-order valence-corrected chi connectivity index (χ3v) is 3.62. The molecule has 0 amide bonds. The summed E-state index contributed by atoms with van der Waals surface area (Å²) in [5.41, 5.74) is 0.859. The molecule has 2 N–H and O–H groups in total. The van der Waals surface area contributed by atoms with E-state index < -0.39 is 12.0 Å². The molecule has 0 spiro atoms. The van der Waals surface area contributed by atoms with Gasteiger partial charge in [0.25, 0.3) is 0 Å². The Bertz CT molecular complexity index is 454. The lowest BCUT2D eigenvalue weighted by Crippen LogP contribution is -2.54. The fraction of sp³-hybridized carbons (Fsp3) is 0.417. The van der Waals surface area contributed by atoms with Crippen molar-refractivity contribution < 1.29 is 9.90 Å². The summed E-state index contributed by atoms with van der Waals surface area (Å²) in [6, 6.07) is 4.72. The van der Waals surface area contributed by atoms with E-state index in [9.17, 15) is 4.79 Å². The Labute approximate surface area is 115 Å². The molecular weight excluding hydrogens is 275 g/mol. The number of halogens is 2. The van der Waals surface area contributed by atoms with Crippen LogP contribution in [0.4, 0.5) is 0 Å². The summed E-state index contributed by atoms with van der Waals surface area (Å²) < 4.78 is 0. The Kier molecular flexibility index (Phi) is 4.45. The molecule has 1 heterocycles. The zero-order valence-electron chi connectivity index (χ0n) is 9.70. The van der Waals surface area contributed by atoms with E-state index in [2.05, 4.69) is 5.32 Å². The first-order valence-electron chi connectivity index (χ1n) is 5.69. The van der Waals surface area contributed by atoms with E-state index in [1.54, 1.807) is 18.2 Å². The first-order valence-corrected chi connectivity index (χ1v) is 6.45. The summed E-state index contributed by atoms with van der Waals surface area (Å²) >= 11 is 12.0. The normalized spacial score (nSPS) is 20.9. The number of nitrogens with one attached hydrogen (secondary N) is 1. The van der Waals surface area contributed by atoms with Gasteiger partial charge in [0.15, 0.2) is 0 Å². The number of carboxylic acids is 1. The quantitative estimate of drug-likeness (QED) is 0.891. The maximum Gasteiger partial charge on any atom is 0.322 e. The van der Waals surface area contributed by atoms with Crippen molar-refractivity contribution in [3.05, 3.63) is 33.8 Å². The number of piperazine rings is 1. The van der Waals surface area contributed by atoms with Crippen LogP contribution in [0.25, 0.3) is 0 Å². The number of rotatable bonds is 3. The van der Waals surface area contributed by atoms with Crippen molar-refractivity contribution in [2.24, 2.45) is 0 Å². The van der Waals surface area contributed by atoms with Gasteiger partial charge in [0.05, 0.1) is 0 Å². The van der Waals surface area contributed by atoms with Crippen LogP contribution in [0.1, 0.15) is 5.56 Å². The fourth-order valence-corrected chi connectivity index (χ4v) is 2.43. The second kappa shape index (κ2) is 5.89. The molecule has 0 aromatic heterocycles. The molecule has 4 nitrogen and oxygen atoms in total. The van der Waals surface area contributed by atoms with E-state index in [0.717, 1.165) is 12.1 Å². The van der Waals surface area contributed by atoms with Gasteiger partial charge in [0.2, 0.25) is 0 Å². The Morgan fingerprint density at radius 2 is 2.28 bits per heavy atom. The number of carboxylic acid groups (broad SMARTS) is 1. The monoisotopic (exact) mass is 288 g/mol. The van der Waals surface area contributed by atoms with Crippen LogP contribution in [0.2, 0.25) is 10.0 Å². The minimum Gasteiger partial charge on any atom is -0.480 e. The lowest BCUT2D eigenvalue weighted by atomic mass is 10.1. The molecule has 2 rings (SSSR count). The molecule has 1 fully saturated rings. The average molecular weight is 289 g/mol. The molecule has 0 saturated carbocycles. The van der Waals surface area contributed by atoms with Crippen LogP contribution in [0.3, 0.4) is 0 Å². The van der Waals surface area contributed by atoms with Gasteiger partial charge in [-0.3, -0.25) is 9.69 Å². The van der Waals surface area contributed by atoms with E-state index in [-0.39, 0.29) is 0 Å². The molecule has 1 aromatic rings. The van der Waals surface area contributed by atoms with Gasteiger partial charge in [-0.1, -0.05) is 23.2 Å². The third kappa shape index (κ3) is 3.14. The molecule has 98 valence electrons. The fourth-order valence-electron chi connectivity index (χ4n) is 2.06. The molecule has 1 aliphatic heterocycles. The van der Waals surface area contributed by atoms with E-state index >= 15 is 0 Å². The molecule has 1 unspecified atom stereocenters. The number of hydrogen-bond acceptors (Lipinski definition) is 3. The van der Waals surface area contributed by atoms with Crippen molar-refractivity contribution in [2.45, 2.75) is 12.6 Å². The largest absolute Gasteiger partial charge is 0.480 e.